The lowest BCUT2D eigenvalue weighted by molar-refractivity contribution is 0.0594. The van der Waals surface area contributed by atoms with Crippen LogP contribution in [0, 0.1) is 19.8 Å². The first kappa shape index (κ1) is 18.8. The Morgan fingerprint density at radius 3 is 2.70 bits per heavy atom. The summed E-state index contributed by atoms with van der Waals surface area (Å²) in [5.74, 6) is 0.591. The maximum absolute atomic E-state index is 13.3. The number of piperidine rings is 1. The summed E-state index contributed by atoms with van der Waals surface area (Å²) in [6, 6.07) is 13.6. The molecule has 0 unspecified atom stereocenters. The van der Waals surface area contributed by atoms with Crippen molar-refractivity contribution in [3.63, 3.8) is 0 Å². The van der Waals surface area contributed by atoms with Gasteiger partial charge in [0.1, 0.15) is 0 Å². The minimum atomic E-state index is 0.0374. The second kappa shape index (κ2) is 7.24. The SMILES string of the molecule is Cc1cccc(C(=O)N2C[C@@H]3C[C@H](C2)c2cc(-c4cccnc4)cc(=O)n2C3)c1C. The summed E-state index contributed by atoms with van der Waals surface area (Å²) in [5, 5.41) is 0. The molecule has 5 heteroatoms. The van der Waals surface area contributed by atoms with Crippen LogP contribution in [0.4, 0.5) is 0 Å². The van der Waals surface area contributed by atoms with Gasteiger partial charge >= 0.3 is 0 Å². The van der Waals surface area contributed by atoms with E-state index >= 15 is 0 Å². The highest BCUT2D eigenvalue weighted by molar-refractivity contribution is 5.96. The highest BCUT2D eigenvalue weighted by atomic mass is 16.2. The topological polar surface area (TPSA) is 55.2 Å². The number of nitrogens with zero attached hydrogens (tertiary/aromatic N) is 3. The van der Waals surface area contributed by atoms with Crippen LogP contribution in [0.25, 0.3) is 11.1 Å². The van der Waals surface area contributed by atoms with Gasteiger partial charge in [0.15, 0.2) is 0 Å². The lowest BCUT2D eigenvalue weighted by Gasteiger charge is -2.43. The van der Waals surface area contributed by atoms with E-state index in [4.69, 9.17) is 0 Å². The molecule has 4 heterocycles. The number of aryl methyl sites for hydroxylation is 1. The van der Waals surface area contributed by atoms with Gasteiger partial charge in [0.05, 0.1) is 0 Å². The highest BCUT2D eigenvalue weighted by Crippen LogP contribution is 2.37. The van der Waals surface area contributed by atoms with Crippen molar-refractivity contribution in [2.24, 2.45) is 5.92 Å². The number of amides is 1. The molecule has 2 aliphatic rings. The maximum atomic E-state index is 13.3. The Morgan fingerprint density at radius 1 is 1.03 bits per heavy atom. The fraction of sp³-hybridized carbons (Fsp3) is 0.320. The van der Waals surface area contributed by atoms with Gasteiger partial charge in [0.2, 0.25) is 0 Å². The molecule has 1 amide bonds. The van der Waals surface area contributed by atoms with Crippen LogP contribution >= 0.6 is 0 Å². The molecule has 1 saturated heterocycles. The van der Waals surface area contributed by atoms with E-state index in [0.29, 0.717) is 25.6 Å². The van der Waals surface area contributed by atoms with Crippen molar-refractivity contribution in [1.82, 2.24) is 14.5 Å². The third kappa shape index (κ3) is 3.15. The van der Waals surface area contributed by atoms with Crippen LogP contribution in [-0.4, -0.2) is 33.4 Å². The summed E-state index contributed by atoms with van der Waals surface area (Å²) in [7, 11) is 0. The Kier molecular flexibility index (Phi) is 4.54. The molecule has 3 aromatic rings. The van der Waals surface area contributed by atoms with Crippen LogP contribution < -0.4 is 5.56 Å². The zero-order valence-corrected chi connectivity index (χ0v) is 17.3. The van der Waals surface area contributed by atoms with Crippen molar-refractivity contribution in [3.05, 3.63) is 87.6 Å². The summed E-state index contributed by atoms with van der Waals surface area (Å²) in [4.78, 5) is 32.4. The zero-order chi connectivity index (χ0) is 20.8. The van der Waals surface area contributed by atoms with Crippen molar-refractivity contribution in [2.75, 3.05) is 13.1 Å². The van der Waals surface area contributed by atoms with Crippen LogP contribution in [0.3, 0.4) is 0 Å². The van der Waals surface area contributed by atoms with E-state index in [2.05, 4.69) is 11.1 Å². The molecule has 2 atom stereocenters. The second-order valence-electron chi connectivity index (χ2n) is 8.62. The van der Waals surface area contributed by atoms with E-state index in [1.54, 1.807) is 18.5 Å². The highest BCUT2D eigenvalue weighted by Gasteiger charge is 2.37. The molecule has 2 aromatic heterocycles. The quantitative estimate of drug-likeness (QED) is 0.659. The third-order valence-corrected chi connectivity index (χ3v) is 6.67. The Hall–Kier alpha value is -3.21. The number of fused-ring (bicyclic) bond motifs is 4. The molecule has 0 radical (unpaired) electrons. The fourth-order valence-electron chi connectivity index (χ4n) is 4.98. The fourth-order valence-corrected chi connectivity index (χ4v) is 4.98. The first-order chi connectivity index (χ1) is 14.5. The number of aromatic nitrogens is 2. The number of rotatable bonds is 2. The molecule has 5 rings (SSSR count). The van der Waals surface area contributed by atoms with Crippen molar-refractivity contribution in [1.29, 1.82) is 0 Å². The van der Waals surface area contributed by atoms with Crippen LogP contribution in [0.1, 0.15) is 39.5 Å². The number of likely N-dealkylation sites (tertiary alicyclic amines) is 1. The van der Waals surface area contributed by atoms with E-state index in [1.807, 2.05) is 53.6 Å². The molecule has 0 saturated carbocycles. The average Bonchev–Trinajstić information content (AvgIpc) is 2.76. The van der Waals surface area contributed by atoms with Crippen LogP contribution in [0.2, 0.25) is 0 Å². The van der Waals surface area contributed by atoms with Crippen LogP contribution in [0.15, 0.2) is 59.7 Å². The smallest absolute Gasteiger partial charge is 0.254 e. The van der Waals surface area contributed by atoms with E-state index in [9.17, 15) is 9.59 Å². The lowest BCUT2D eigenvalue weighted by atomic mass is 9.82. The Labute approximate surface area is 176 Å². The van der Waals surface area contributed by atoms with Crippen LogP contribution in [0.5, 0.6) is 0 Å². The molecule has 0 N–H and O–H groups in total. The normalized spacial score (nSPS) is 20.0. The van der Waals surface area contributed by atoms with Gasteiger partial charge in [-0.1, -0.05) is 18.2 Å². The van der Waals surface area contributed by atoms with Gasteiger partial charge in [0, 0.05) is 60.8 Å². The first-order valence-electron chi connectivity index (χ1n) is 10.5. The summed E-state index contributed by atoms with van der Waals surface area (Å²) in [6.07, 6.45) is 4.54. The van der Waals surface area contributed by atoms with Gasteiger partial charge in [-0.2, -0.15) is 0 Å². The first-order valence-corrected chi connectivity index (χ1v) is 10.5. The van der Waals surface area contributed by atoms with Gasteiger partial charge in [-0.3, -0.25) is 14.6 Å². The number of hydrogen-bond donors (Lipinski definition) is 0. The average molecular weight is 399 g/mol. The summed E-state index contributed by atoms with van der Waals surface area (Å²) in [6.45, 7) is 6.09. The molecule has 152 valence electrons. The Morgan fingerprint density at radius 2 is 1.90 bits per heavy atom. The summed E-state index contributed by atoms with van der Waals surface area (Å²) in [5.41, 5.74) is 5.89. The molecule has 30 heavy (non-hydrogen) atoms. The lowest BCUT2D eigenvalue weighted by Crippen LogP contribution is -2.49. The minimum absolute atomic E-state index is 0.0374. The number of hydrogen-bond acceptors (Lipinski definition) is 3. The molecular weight excluding hydrogens is 374 g/mol. The molecule has 0 aliphatic carbocycles. The summed E-state index contributed by atoms with van der Waals surface area (Å²) >= 11 is 0. The van der Waals surface area contributed by atoms with E-state index < -0.39 is 0 Å². The third-order valence-electron chi connectivity index (χ3n) is 6.67. The van der Waals surface area contributed by atoms with E-state index in [-0.39, 0.29) is 17.4 Å². The van der Waals surface area contributed by atoms with Gasteiger partial charge < -0.3 is 9.47 Å². The number of pyridine rings is 2. The predicted molar refractivity (Wildman–Crippen MR) is 117 cm³/mol. The maximum Gasteiger partial charge on any atom is 0.254 e. The molecule has 1 fully saturated rings. The minimum Gasteiger partial charge on any atom is -0.338 e. The van der Waals surface area contributed by atoms with Crippen molar-refractivity contribution in [2.45, 2.75) is 32.7 Å². The van der Waals surface area contributed by atoms with Crippen molar-refractivity contribution >= 4 is 5.91 Å². The Balaban J connectivity index is 1.49. The zero-order valence-electron chi connectivity index (χ0n) is 17.3. The molecule has 1 aromatic carbocycles. The van der Waals surface area contributed by atoms with Gasteiger partial charge in [-0.05, 0) is 61.1 Å². The second-order valence-corrected chi connectivity index (χ2v) is 8.62. The Bertz CT molecular complexity index is 1180. The van der Waals surface area contributed by atoms with Gasteiger partial charge in [-0.15, -0.1) is 0 Å². The standard InChI is InChI=1S/C25H25N3O2/c1-16-5-3-7-22(17(16)2)25(30)27-13-18-9-21(15-27)23-10-20(11-24(29)28(23)14-18)19-6-4-8-26-12-19/h3-8,10-12,18,21H,9,13-15H2,1-2H3/t18-,21+/m0/s1. The monoisotopic (exact) mass is 399 g/mol. The van der Waals surface area contributed by atoms with Crippen LogP contribution in [-0.2, 0) is 6.54 Å². The molecular formula is C25H25N3O2. The molecule has 2 bridgehead atoms. The van der Waals surface area contributed by atoms with E-state index in [0.717, 1.165) is 39.9 Å². The van der Waals surface area contributed by atoms with Crippen molar-refractivity contribution < 1.29 is 4.79 Å². The van der Waals surface area contributed by atoms with Gasteiger partial charge in [-0.25, -0.2) is 0 Å². The molecule has 0 spiro atoms. The molecule has 5 nitrogen and oxygen atoms in total. The van der Waals surface area contributed by atoms with E-state index in [1.165, 1.54) is 0 Å². The number of carbonyl (C=O) groups is 1. The predicted octanol–water partition coefficient (Wildman–Crippen LogP) is 3.79. The van der Waals surface area contributed by atoms with Crippen molar-refractivity contribution in [3.8, 4) is 11.1 Å². The molecule has 2 aliphatic heterocycles. The number of carbonyl (C=O) groups excluding carboxylic acids is 1. The van der Waals surface area contributed by atoms with Gasteiger partial charge in [0.25, 0.3) is 11.5 Å². The largest absolute Gasteiger partial charge is 0.338 e. The number of benzene rings is 1. The summed E-state index contributed by atoms with van der Waals surface area (Å²) < 4.78 is 1.92.